The SMILES string of the molecule is CC(C)(C)OC(=O)NCCc1ccc(OCCN2CCCC(F)(F)C2)cc1.CO.NCCc1ccc(OCCN2CCCC(F)(F)C2)cc1. The molecule has 4 N–H and O–H groups in total. The zero-order valence-electron chi connectivity index (χ0n) is 29.5. The molecule has 49 heavy (non-hydrogen) atoms. The predicted molar refractivity (Wildman–Crippen MR) is 184 cm³/mol. The molecule has 0 radical (unpaired) electrons. The van der Waals surface area contributed by atoms with Gasteiger partial charge in [-0.1, -0.05) is 24.3 Å². The second-order valence-corrected chi connectivity index (χ2v) is 13.2. The van der Waals surface area contributed by atoms with Gasteiger partial charge in [0.15, 0.2) is 0 Å². The van der Waals surface area contributed by atoms with E-state index in [1.54, 1.807) is 9.80 Å². The quantitative estimate of drug-likeness (QED) is 0.226. The van der Waals surface area contributed by atoms with E-state index in [4.69, 9.17) is 25.1 Å². The normalized spacial score (nSPS) is 17.4. The van der Waals surface area contributed by atoms with Crippen molar-refractivity contribution in [2.24, 2.45) is 5.73 Å². The van der Waals surface area contributed by atoms with Crippen LogP contribution in [0.2, 0.25) is 0 Å². The molecule has 0 saturated carbocycles. The second-order valence-electron chi connectivity index (χ2n) is 13.2. The first-order valence-corrected chi connectivity index (χ1v) is 17.0. The van der Waals surface area contributed by atoms with Gasteiger partial charge in [-0.15, -0.1) is 0 Å². The predicted octanol–water partition coefficient (Wildman–Crippen LogP) is 5.77. The summed E-state index contributed by atoms with van der Waals surface area (Å²) in [5.41, 5.74) is 7.22. The first-order chi connectivity index (χ1) is 23.2. The molecule has 0 spiro atoms. The molecule has 0 aromatic heterocycles. The van der Waals surface area contributed by atoms with Crippen LogP contribution in [0.25, 0.3) is 0 Å². The van der Waals surface area contributed by atoms with E-state index in [1.807, 2.05) is 69.3 Å². The summed E-state index contributed by atoms with van der Waals surface area (Å²) >= 11 is 0. The number of piperidine rings is 2. The van der Waals surface area contributed by atoms with Crippen LogP contribution < -0.4 is 20.5 Å². The van der Waals surface area contributed by atoms with Crippen LogP contribution in [0.1, 0.15) is 57.6 Å². The molecule has 2 aromatic rings. The van der Waals surface area contributed by atoms with E-state index in [9.17, 15) is 22.4 Å². The number of carbonyl (C=O) groups is 1. The number of aliphatic hydroxyl groups is 1. The summed E-state index contributed by atoms with van der Waals surface area (Å²) in [4.78, 5) is 15.1. The topological polar surface area (TPSA) is 110 Å². The molecule has 0 aliphatic carbocycles. The average molecular weight is 701 g/mol. The van der Waals surface area contributed by atoms with E-state index in [0.717, 1.165) is 31.4 Å². The Balaban J connectivity index is 0.000000336. The lowest BCUT2D eigenvalue weighted by molar-refractivity contribution is -0.0661. The highest BCUT2D eigenvalue weighted by atomic mass is 19.3. The molecule has 278 valence electrons. The Morgan fingerprint density at radius 2 is 1.22 bits per heavy atom. The van der Waals surface area contributed by atoms with Gasteiger partial charge in [0.05, 0.1) is 13.1 Å². The zero-order valence-corrected chi connectivity index (χ0v) is 29.5. The number of aliphatic hydroxyl groups excluding tert-OH is 1. The number of alkyl carbamates (subject to hydrolysis) is 1. The van der Waals surface area contributed by atoms with E-state index < -0.39 is 23.5 Å². The average Bonchev–Trinajstić information content (AvgIpc) is 3.02. The number of amides is 1. The fraction of sp³-hybridized carbons (Fsp3) is 0.639. The third kappa shape index (κ3) is 18.4. The molecule has 1 amide bonds. The molecule has 4 rings (SSSR count). The second kappa shape index (κ2) is 21.2. The highest BCUT2D eigenvalue weighted by Gasteiger charge is 2.35. The van der Waals surface area contributed by atoms with Crippen molar-refractivity contribution in [2.45, 2.75) is 76.7 Å². The van der Waals surface area contributed by atoms with Gasteiger partial charge in [0, 0.05) is 39.6 Å². The van der Waals surface area contributed by atoms with Crippen LogP contribution in [0.3, 0.4) is 0 Å². The molecular formula is C36H56F4N4O5. The van der Waals surface area contributed by atoms with Crippen LogP contribution in [0.4, 0.5) is 22.4 Å². The molecule has 2 saturated heterocycles. The maximum atomic E-state index is 13.4. The van der Waals surface area contributed by atoms with Crippen molar-refractivity contribution >= 4 is 6.09 Å². The number of carbonyl (C=O) groups excluding carboxylic acids is 1. The van der Waals surface area contributed by atoms with Crippen molar-refractivity contribution in [3.8, 4) is 11.5 Å². The van der Waals surface area contributed by atoms with Crippen molar-refractivity contribution in [3.63, 3.8) is 0 Å². The van der Waals surface area contributed by atoms with Gasteiger partial charge < -0.3 is 30.4 Å². The molecular weight excluding hydrogens is 644 g/mol. The number of ether oxygens (including phenoxy) is 3. The van der Waals surface area contributed by atoms with Crippen molar-refractivity contribution in [1.29, 1.82) is 0 Å². The smallest absolute Gasteiger partial charge is 0.407 e. The summed E-state index contributed by atoms with van der Waals surface area (Å²) in [5.74, 6) is -3.63. The van der Waals surface area contributed by atoms with Gasteiger partial charge in [-0.25, -0.2) is 22.4 Å². The Kier molecular flexibility index (Phi) is 18.2. The minimum absolute atomic E-state index is 0.00691. The van der Waals surface area contributed by atoms with Crippen LogP contribution in [0, 0.1) is 0 Å². The number of hydrogen-bond acceptors (Lipinski definition) is 8. The van der Waals surface area contributed by atoms with Gasteiger partial charge in [0.2, 0.25) is 0 Å². The fourth-order valence-corrected chi connectivity index (χ4v) is 5.35. The Morgan fingerprint density at radius 1 is 0.796 bits per heavy atom. The van der Waals surface area contributed by atoms with Crippen LogP contribution >= 0.6 is 0 Å². The van der Waals surface area contributed by atoms with Crippen molar-refractivity contribution in [1.82, 2.24) is 15.1 Å². The number of nitrogens with one attached hydrogen (secondary N) is 1. The van der Waals surface area contributed by atoms with E-state index in [-0.39, 0.29) is 25.9 Å². The maximum Gasteiger partial charge on any atom is 0.407 e. The summed E-state index contributed by atoms with van der Waals surface area (Å²) in [6.45, 7) is 9.54. The summed E-state index contributed by atoms with van der Waals surface area (Å²) in [7, 11) is 1.00. The van der Waals surface area contributed by atoms with Crippen molar-refractivity contribution in [2.75, 3.05) is 72.7 Å². The molecule has 2 heterocycles. The van der Waals surface area contributed by atoms with Crippen LogP contribution in [-0.4, -0.2) is 111 Å². The van der Waals surface area contributed by atoms with Gasteiger partial charge in [-0.2, -0.15) is 0 Å². The largest absolute Gasteiger partial charge is 0.492 e. The monoisotopic (exact) mass is 700 g/mol. The van der Waals surface area contributed by atoms with E-state index in [0.29, 0.717) is 70.9 Å². The lowest BCUT2D eigenvalue weighted by atomic mass is 10.1. The summed E-state index contributed by atoms with van der Waals surface area (Å²) in [5, 5.41) is 9.72. The maximum absolute atomic E-state index is 13.4. The molecule has 0 unspecified atom stereocenters. The van der Waals surface area contributed by atoms with Crippen molar-refractivity contribution < 1.29 is 41.7 Å². The molecule has 2 aliphatic rings. The zero-order chi connectivity index (χ0) is 36.3. The number of likely N-dealkylation sites (tertiary alicyclic amines) is 2. The summed E-state index contributed by atoms with van der Waals surface area (Å²) in [6, 6.07) is 15.3. The molecule has 9 nitrogen and oxygen atoms in total. The number of benzene rings is 2. The highest BCUT2D eigenvalue weighted by Crippen LogP contribution is 2.27. The number of alkyl halides is 4. The minimum Gasteiger partial charge on any atom is -0.492 e. The fourth-order valence-electron chi connectivity index (χ4n) is 5.35. The van der Waals surface area contributed by atoms with Gasteiger partial charge in [-0.3, -0.25) is 9.80 Å². The molecule has 2 aromatic carbocycles. The molecule has 0 atom stereocenters. The number of halogens is 4. The molecule has 2 fully saturated rings. The third-order valence-corrected chi connectivity index (χ3v) is 7.66. The van der Waals surface area contributed by atoms with Crippen LogP contribution in [0.5, 0.6) is 11.5 Å². The Hall–Kier alpha value is -3.13. The Bertz CT molecular complexity index is 1200. The third-order valence-electron chi connectivity index (χ3n) is 7.66. The van der Waals surface area contributed by atoms with Gasteiger partial charge >= 0.3 is 6.09 Å². The lowest BCUT2D eigenvalue weighted by Crippen LogP contribution is -2.44. The van der Waals surface area contributed by atoms with Crippen LogP contribution in [0.15, 0.2) is 48.5 Å². The highest BCUT2D eigenvalue weighted by molar-refractivity contribution is 5.67. The molecule has 0 bridgehead atoms. The Morgan fingerprint density at radius 3 is 1.61 bits per heavy atom. The number of nitrogens with two attached hydrogens (primary N) is 1. The van der Waals surface area contributed by atoms with E-state index in [2.05, 4.69) is 5.32 Å². The number of hydrogen-bond donors (Lipinski definition) is 3. The van der Waals surface area contributed by atoms with E-state index in [1.165, 1.54) is 5.56 Å². The summed E-state index contributed by atoms with van der Waals surface area (Å²) < 4.78 is 69.6. The Labute approximate surface area is 289 Å². The molecule has 13 heteroatoms. The first-order valence-electron chi connectivity index (χ1n) is 17.0. The number of nitrogens with zero attached hydrogens (tertiary/aromatic N) is 2. The summed E-state index contributed by atoms with van der Waals surface area (Å²) in [6.07, 6.45) is 2.18. The van der Waals surface area contributed by atoms with E-state index >= 15 is 0 Å². The van der Waals surface area contributed by atoms with Gasteiger partial charge in [0.25, 0.3) is 11.8 Å². The van der Waals surface area contributed by atoms with Gasteiger partial charge in [-0.05, 0) is 101 Å². The standard InChI is InChI=1S/C20H30F2N2O3.C15H22F2N2O.CH4O/c1-19(2,3)27-18(25)23-11-9-16-5-7-17(8-6-16)26-14-13-24-12-4-10-20(21,22)15-24;16-15(17)7-1-9-19(12-15)10-11-20-14-4-2-13(3-5-14)6-8-18;1-2/h5-8H,4,9-15H2,1-3H3,(H,23,25);2-5H,1,6-12,18H2;2H,1H3. The van der Waals surface area contributed by atoms with Gasteiger partial charge in [0.1, 0.15) is 30.3 Å². The lowest BCUT2D eigenvalue weighted by Gasteiger charge is -2.32. The first kappa shape index (κ1) is 42.0. The van der Waals surface area contributed by atoms with Crippen LogP contribution in [-0.2, 0) is 17.6 Å². The minimum atomic E-state index is -2.58. The van der Waals surface area contributed by atoms with Crippen molar-refractivity contribution in [3.05, 3.63) is 59.7 Å². The molecule has 2 aliphatic heterocycles. The number of rotatable bonds is 13.